The van der Waals surface area contributed by atoms with Gasteiger partial charge in [0.1, 0.15) is 0 Å². The van der Waals surface area contributed by atoms with Gasteiger partial charge in [-0.3, -0.25) is 4.79 Å². The molecule has 0 aromatic heterocycles. The molecule has 0 aliphatic rings. The predicted octanol–water partition coefficient (Wildman–Crippen LogP) is 4.05. The molecule has 92 valence electrons. The van der Waals surface area contributed by atoms with E-state index in [2.05, 4.69) is 17.9 Å². The highest BCUT2D eigenvalue weighted by molar-refractivity contribution is 5.75. The molecule has 0 amide bonds. The number of carbonyl (C=O) groups excluding carboxylic acids is 1. The topological polar surface area (TPSA) is 26.3 Å². The molecule has 17 heavy (non-hydrogen) atoms. The molecule has 0 unspecified atom stereocenters. The number of carbonyl (C=O) groups is 1. The largest absolute Gasteiger partial charge is 0.435 e. The van der Waals surface area contributed by atoms with E-state index in [1.807, 2.05) is 36.4 Å². The van der Waals surface area contributed by atoms with Gasteiger partial charge < -0.3 is 4.74 Å². The van der Waals surface area contributed by atoms with Gasteiger partial charge in [0.05, 0.1) is 11.7 Å². The second-order valence-corrected chi connectivity index (χ2v) is 4.44. The summed E-state index contributed by atoms with van der Waals surface area (Å²) in [5.41, 5.74) is 0.751. The molecule has 1 aromatic carbocycles. The normalized spacial score (nSPS) is 9.59. The van der Waals surface area contributed by atoms with Crippen LogP contribution < -0.4 is 0 Å². The first-order valence-corrected chi connectivity index (χ1v) is 5.41. The van der Waals surface area contributed by atoms with Crippen molar-refractivity contribution in [1.29, 1.82) is 0 Å². The standard InChI is InChI=1S/C8H8.C7H12O2/c1-2-8-6-4-3-5-7-8;1-5-9-6(8)7(2,3)4/h2-7H,1H2;5H,1H2,2-4H3. The van der Waals surface area contributed by atoms with E-state index >= 15 is 0 Å². The minimum absolute atomic E-state index is 0.252. The van der Waals surface area contributed by atoms with Crippen LogP contribution in [0, 0.1) is 5.41 Å². The number of benzene rings is 1. The number of rotatable bonds is 2. The number of ether oxygens (including phenoxy) is 1. The fourth-order valence-electron chi connectivity index (χ4n) is 0.842. The fraction of sp³-hybridized carbons (Fsp3) is 0.267. The lowest BCUT2D eigenvalue weighted by Crippen LogP contribution is -2.20. The van der Waals surface area contributed by atoms with Crippen molar-refractivity contribution in [1.82, 2.24) is 0 Å². The van der Waals surface area contributed by atoms with Gasteiger partial charge in [0, 0.05) is 0 Å². The summed E-state index contributed by atoms with van der Waals surface area (Å²) in [5.74, 6) is -0.252. The zero-order valence-electron chi connectivity index (χ0n) is 10.8. The van der Waals surface area contributed by atoms with Gasteiger partial charge in [-0.2, -0.15) is 0 Å². The second-order valence-electron chi connectivity index (χ2n) is 4.44. The maximum Gasteiger partial charge on any atom is 0.316 e. The molecule has 0 atom stereocenters. The third-order valence-corrected chi connectivity index (χ3v) is 1.84. The number of hydrogen-bond donors (Lipinski definition) is 0. The molecule has 0 spiro atoms. The summed E-state index contributed by atoms with van der Waals surface area (Å²) in [6, 6.07) is 10.0. The highest BCUT2D eigenvalue weighted by Crippen LogP contribution is 2.14. The molecule has 1 aromatic rings. The Kier molecular flexibility index (Phi) is 6.64. The van der Waals surface area contributed by atoms with Crippen LogP contribution in [0.3, 0.4) is 0 Å². The van der Waals surface area contributed by atoms with Crippen LogP contribution in [-0.2, 0) is 9.53 Å². The van der Waals surface area contributed by atoms with Gasteiger partial charge in [-0.15, -0.1) is 0 Å². The molecule has 0 saturated carbocycles. The van der Waals surface area contributed by atoms with E-state index in [0.717, 1.165) is 6.26 Å². The van der Waals surface area contributed by atoms with Crippen LogP contribution in [0.4, 0.5) is 0 Å². The van der Waals surface area contributed by atoms with E-state index in [-0.39, 0.29) is 5.97 Å². The summed E-state index contributed by atoms with van der Waals surface area (Å²) in [5, 5.41) is 0. The summed E-state index contributed by atoms with van der Waals surface area (Å²) >= 11 is 0. The van der Waals surface area contributed by atoms with Gasteiger partial charge in [-0.1, -0.05) is 49.6 Å². The lowest BCUT2D eigenvalue weighted by Gasteiger charge is -2.13. The lowest BCUT2D eigenvalue weighted by atomic mass is 9.98. The van der Waals surface area contributed by atoms with Crippen molar-refractivity contribution >= 4 is 12.0 Å². The summed E-state index contributed by atoms with van der Waals surface area (Å²) in [7, 11) is 0. The molecular formula is C15H20O2. The molecule has 0 fully saturated rings. The van der Waals surface area contributed by atoms with Crippen molar-refractivity contribution < 1.29 is 9.53 Å². The number of hydrogen-bond acceptors (Lipinski definition) is 2. The van der Waals surface area contributed by atoms with Crippen LogP contribution >= 0.6 is 0 Å². The van der Waals surface area contributed by atoms with Crippen LogP contribution in [0.2, 0.25) is 0 Å². The van der Waals surface area contributed by atoms with E-state index in [0.29, 0.717) is 0 Å². The molecule has 0 aliphatic carbocycles. The Morgan fingerprint density at radius 3 is 1.94 bits per heavy atom. The highest BCUT2D eigenvalue weighted by atomic mass is 16.5. The lowest BCUT2D eigenvalue weighted by molar-refractivity contribution is -0.146. The minimum atomic E-state index is -0.422. The molecule has 0 aliphatic heterocycles. The van der Waals surface area contributed by atoms with Crippen molar-refractivity contribution in [2.45, 2.75) is 20.8 Å². The molecular weight excluding hydrogens is 212 g/mol. The molecule has 0 heterocycles. The van der Waals surface area contributed by atoms with Crippen molar-refractivity contribution in [3.05, 3.63) is 55.3 Å². The fourth-order valence-corrected chi connectivity index (χ4v) is 0.842. The van der Waals surface area contributed by atoms with Gasteiger partial charge in [-0.25, -0.2) is 0 Å². The Morgan fingerprint density at radius 2 is 1.71 bits per heavy atom. The van der Waals surface area contributed by atoms with E-state index in [9.17, 15) is 4.79 Å². The monoisotopic (exact) mass is 232 g/mol. The van der Waals surface area contributed by atoms with Gasteiger partial charge in [0.2, 0.25) is 0 Å². The molecule has 0 radical (unpaired) electrons. The van der Waals surface area contributed by atoms with Crippen LogP contribution in [0.15, 0.2) is 49.8 Å². The van der Waals surface area contributed by atoms with Crippen LogP contribution in [0.5, 0.6) is 0 Å². The SMILES string of the molecule is C=COC(=O)C(C)(C)C.C=Cc1ccccc1. The first kappa shape index (κ1) is 15.2. The van der Waals surface area contributed by atoms with Crippen molar-refractivity contribution in [2.24, 2.45) is 5.41 Å². The second kappa shape index (κ2) is 7.44. The summed E-state index contributed by atoms with van der Waals surface area (Å²) in [6.07, 6.45) is 2.98. The summed E-state index contributed by atoms with van der Waals surface area (Å²) in [6.45, 7) is 12.3. The maximum atomic E-state index is 10.8. The molecule has 0 saturated heterocycles. The van der Waals surface area contributed by atoms with Crippen LogP contribution in [0.1, 0.15) is 26.3 Å². The Labute approximate surface area is 104 Å². The maximum absolute atomic E-state index is 10.8. The quantitative estimate of drug-likeness (QED) is 0.568. The predicted molar refractivity (Wildman–Crippen MR) is 72.3 cm³/mol. The van der Waals surface area contributed by atoms with Crippen molar-refractivity contribution in [3.63, 3.8) is 0 Å². The molecule has 0 N–H and O–H groups in total. The first-order valence-electron chi connectivity index (χ1n) is 5.41. The smallest absolute Gasteiger partial charge is 0.316 e. The molecule has 1 rings (SSSR count). The van der Waals surface area contributed by atoms with Crippen LogP contribution in [0.25, 0.3) is 6.08 Å². The number of esters is 1. The summed E-state index contributed by atoms with van der Waals surface area (Å²) in [4.78, 5) is 10.8. The van der Waals surface area contributed by atoms with E-state index in [1.54, 1.807) is 20.8 Å². The summed E-state index contributed by atoms with van der Waals surface area (Å²) < 4.78 is 4.53. The average molecular weight is 232 g/mol. The van der Waals surface area contributed by atoms with Gasteiger partial charge >= 0.3 is 5.97 Å². The van der Waals surface area contributed by atoms with Crippen LogP contribution in [-0.4, -0.2) is 5.97 Å². The third-order valence-electron chi connectivity index (χ3n) is 1.84. The Bertz CT molecular complexity index is 358. The highest BCUT2D eigenvalue weighted by Gasteiger charge is 2.21. The van der Waals surface area contributed by atoms with E-state index in [4.69, 9.17) is 0 Å². The first-order chi connectivity index (χ1) is 7.91. The van der Waals surface area contributed by atoms with Gasteiger partial charge in [0.25, 0.3) is 0 Å². The van der Waals surface area contributed by atoms with E-state index in [1.165, 1.54) is 5.56 Å². The molecule has 2 heteroatoms. The minimum Gasteiger partial charge on any atom is -0.435 e. The van der Waals surface area contributed by atoms with Gasteiger partial charge in [0.15, 0.2) is 0 Å². The average Bonchev–Trinajstić information content (AvgIpc) is 2.30. The Morgan fingerprint density at radius 1 is 1.18 bits per heavy atom. The van der Waals surface area contributed by atoms with Gasteiger partial charge in [-0.05, 0) is 26.3 Å². The molecule has 0 bridgehead atoms. The zero-order chi connectivity index (χ0) is 13.3. The zero-order valence-corrected chi connectivity index (χ0v) is 10.8. The van der Waals surface area contributed by atoms with Crippen molar-refractivity contribution in [2.75, 3.05) is 0 Å². The Balaban J connectivity index is 0.000000302. The van der Waals surface area contributed by atoms with Crippen molar-refractivity contribution in [3.8, 4) is 0 Å². The Hall–Kier alpha value is -1.83. The third kappa shape index (κ3) is 7.12. The molecule has 2 nitrogen and oxygen atoms in total. The van der Waals surface area contributed by atoms with E-state index < -0.39 is 5.41 Å².